The topological polar surface area (TPSA) is 69.0 Å². The van der Waals surface area contributed by atoms with Crippen molar-refractivity contribution in [1.82, 2.24) is 10.3 Å². The third-order valence-corrected chi connectivity index (χ3v) is 6.05. The number of aromatic nitrogens is 1. The lowest BCUT2D eigenvalue weighted by Gasteiger charge is -2.33. The van der Waals surface area contributed by atoms with Crippen molar-refractivity contribution in [2.24, 2.45) is 0 Å². The first-order chi connectivity index (χ1) is 14.1. The van der Waals surface area contributed by atoms with Crippen LogP contribution in [0.3, 0.4) is 0 Å². The van der Waals surface area contributed by atoms with E-state index < -0.39 is 0 Å². The van der Waals surface area contributed by atoms with E-state index in [4.69, 9.17) is 5.26 Å². The molecule has 146 valence electrons. The predicted octanol–water partition coefficient (Wildman–Crippen LogP) is 4.22. The maximum Gasteiger partial charge on any atom is 0.263 e. The minimum Gasteiger partial charge on any atom is -0.371 e. The van der Waals surface area contributed by atoms with Crippen molar-refractivity contribution in [2.45, 2.75) is 18.9 Å². The molecule has 0 unspecified atom stereocenters. The fraction of sp³-hybridized carbons (Fsp3) is 0.227. The molecule has 29 heavy (non-hydrogen) atoms. The number of hydrogen-bond donors (Lipinski definition) is 1. The van der Waals surface area contributed by atoms with Crippen LogP contribution in [0.25, 0.3) is 10.6 Å². The maximum absolute atomic E-state index is 13.9. The summed E-state index contributed by atoms with van der Waals surface area (Å²) in [6, 6.07) is 16.2. The first kappa shape index (κ1) is 19.1. The molecular weight excluding hydrogens is 387 g/mol. The number of thiazole rings is 1. The van der Waals surface area contributed by atoms with Gasteiger partial charge in [0.25, 0.3) is 5.91 Å². The van der Waals surface area contributed by atoms with Gasteiger partial charge in [0.15, 0.2) is 0 Å². The lowest BCUT2D eigenvalue weighted by atomic mass is 10.0. The monoisotopic (exact) mass is 406 g/mol. The average molecular weight is 406 g/mol. The largest absolute Gasteiger partial charge is 0.371 e. The van der Waals surface area contributed by atoms with Gasteiger partial charge in [-0.25, -0.2) is 9.37 Å². The molecule has 1 saturated heterocycles. The number of halogens is 1. The Labute approximate surface area is 172 Å². The molecule has 0 radical (unpaired) electrons. The number of carbonyl (C=O) groups is 1. The zero-order valence-corrected chi connectivity index (χ0v) is 16.5. The lowest BCUT2D eigenvalue weighted by molar-refractivity contribution is 0.0935. The summed E-state index contributed by atoms with van der Waals surface area (Å²) >= 11 is 1.20. The van der Waals surface area contributed by atoms with Crippen LogP contribution >= 0.6 is 11.3 Å². The quantitative estimate of drug-likeness (QED) is 0.704. The van der Waals surface area contributed by atoms with Crippen LogP contribution in [0.2, 0.25) is 0 Å². The zero-order valence-electron chi connectivity index (χ0n) is 15.6. The fourth-order valence-corrected chi connectivity index (χ4v) is 4.27. The number of amides is 1. The first-order valence-corrected chi connectivity index (χ1v) is 10.2. The van der Waals surface area contributed by atoms with Gasteiger partial charge in [-0.2, -0.15) is 5.26 Å². The smallest absolute Gasteiger partial charge is 0.263 e. The molecule has 7 heteroatoms. The zero-order chi connectivity index (χ0) is 20.2. The van der Waals surface area contributed by atoms with Gasteiger partial charge in [0.05, 0.1) is 17.8 Å². The molecule has 2 heterocycles. The van der Waals surface area contributed by atoms with Gasteiger partial charge >= 0.3 is 0 Å². The molecule has 0 saturated carbocycles. The van der Waals surface area contributed by atoms with E-state index in [1.165, 1.54) is 23.6 Å². The fourth-order valence-electron chi connectivity index (χ4n) is 3.42. The number of nitrogens with zero attached hydrogens (tertiary/aromatic N) is 3. The third kappa shape index (κ3) is 4.28. The van der Waals surface area contributed by atoms with E-state index in [0.29, 0.717) is 21.0 Å². The van der Waals surface area contributed by atoms with Crippen molar-refractivity contribution >= 4 is 22.9 Å². The highest BCUT2D eigenvalue weighted by Crippen LogP contribution is 2.27. The van der Waals surface area contributed by atoms with Crippen LogP contribution in [0.4, 0.5) is 10.1 Å². The number of piperidine rings is 1. The minimum atomic E-state index is -0.344. The van der Waals surface area contributed by atoms with Gasteiger partial charge in [0.2, 0.25) is 0 Å². The van der Waals surface area contributed by atoms with Crippen molar-refractivity contribution in [2.75, 3.05) is 18.0 Å². The first-order valence-electron chi connectivity index (χ1n) is 9.41. The summed E-state index contributed by atoms with van der Waals surface area (Å²) < 4.78 is 13.9. The Balaban J connectivity index is 1.34. The highest BCUT2D eigenvalue weighted by Gasteiger charge is 2.22. The molecule has 1 N–H and O–H groups in total. The minimum absolute atomic E-state index is 0.0937. The molecule has 0 spiro atoms. The second kappa shape index (κ2) is 8.41. The highest BCUT2D eigenvalue weighted by molar-refractivity contribution is 7.16. The molecule has 1 amide bonds. The lowest BCUT2D eigenvalue weighted by Crippen LogP contribution is -2.44. The Kier molecular flexibility index (Phi) is 5.54. The van der Waals surface area contributed by atoms with E-state index in [-0.39, 0.29) is 17.8 Å². The molecule has 1 aromatic heterocycles. The molecule has 5 nitrogen and oxygen atoms in total. The Morgan fingerprint density at radius 1 is 1.17 bits per heavy atom. The molecule has 1 aliphatic heterocycles. The summed E-state index contributed by atoms with van der Waals surface area (Å²) in [6.07, 6.45) is 3.18. The summed E-state index contributed by atoms with van der Waals surface area (Å²) in [5, 5.41) is 12.5. The molecular formula is C22H19FN4OS. The van der Waals surface area contributed by atoms with Gasteiger partial charge in [-0.1, -0.05) is 12.1 Å². The number of hydrogen-bond acceptors (Lipinski definition) is 5. The molecule has 4 rings (SSSR count). The Bertz CT molecular complexity index is 1050. The van der Waals surface area contributed by atoms with Gasteiger partial charge in [0.1, 0.15) is 15.7 Å². The average Bonchev–Trinajstić information content (AvgIpc) is 3.25. The number of benzene rings is 2. The van der Waals surface area contributed by atoms with Gasteiger partial charge < -0.3 is 10.2 Å². The molecule has 1 aliphatic rings. The van der Waals surface area contributed by atoms with Gasteiger partial charge in [-0.15, -0.1) is 11.3 Å². The molecule has 0 aliphatic carbocycles. The van der Waals surface area contributed by atoms with Crippen LogP contribution in [-0.4, -0.2) is 30.0 Å². The summed E-state index contributed by atoms with van der Waals surface area (Å²) in [6.45, 7) is 1.67. The van der Waals surface area contributed by atoms with E-state index in [0.717, 1.165) is 31.6 Å². The van der Waals surface area contributed by atoms with E-state index in [1.54, 1.807) is 18.2 Å². The molecule has 0 bridgehead atoms. The van der Waals surface area contributed by atoms with Crippen LogP contribution in [-0.2, 0) is 0 Å². The van der Waals surface area contributed by atoms with Crippen molar-refractivity contribution in [3.05, 3.63) is 71.0 Å². The number of rotatable bonds is 4. The predicted molar refractivity (Wildman–Crippen MR) is 111 cm³/mol. The van der Waals surface area contributed by atoms with E-state index in [9.17, 15) is 9.18 Å². The molecule has 2 aromatic carbocycles. The van der Waals surface area contributed by atoms with Crippen LogP contribution in [0.1, 0.15) is 28.1 Å². The second-order valence-electron chi connectivity index (χ2n) is 6.90. The van der Waals surface area contributed by atoms with E-state index in [1.807, 2.05) is 24.3 Å². The summed E-state index contributed by atoms with van der Waals surface area (Å²) in [4.78, 5) is 19.5. The van der Waals surface area contributed by atoms with Crippen molar-refractivity contribution in [3.63, 3.8) is 0 Å². The van der Waals surface area contributed by atoms with Crippen LogP contribution in [0.15, 0.2) is 54.7 Å². The number of carbonyl (C=O) groups excluding carboxylic acids is 1. The highest BCUT2D eigenvalue weighted by atomic mass is 32.1. The molecule has 1 fully saturated rings. The maximum atomic E-state index is 13.9. The summed E-state index contributed by atoms with van der Waals surface area (Å²) in [7, 11) is 0. The van der Waals surface area contributed by atoms with Crippen molar-refractivity contribution < 1.29 is 9.18 Å². The normalized spacial score (nSPS) is 14.4. The standard InChI is InChI=1S/C22H19FN4OS/c23-19-4-2-1-3-18(19)22-25-14-20(29-22)21(28)26-16-9-11-27(12-10-16)17-7-5-15(13-24)6-8-17/h1-8,14,16H,9-12H2,(H,26,28). The number of anilines is 1. The van der Waals surface area contributed by atoms with Gasteiger partial charge in [0, 0.05) is 30.4 Å². The van der Waals surface area contributed by atoms with Crippen LogP contribution < -0.4 is 10.2 Å². The second-order valence-corrected chi connectivity index (χ2v) is 7.93. The van der Waals surface area contributed by atoms with Gasteiger partial charge in [-0.3, -0.25) is 4.79 Å². The van der Waals surface area contributed by atoms with E-state index in [2.05, 4.69) is 21.3 Å². The number of nitrogens with one attached hydrogen (secondary N) is 1. The van der Waals surface area contributed by atoms with Crippen LogP contribution in [0.5, 0.6) is 0 Å². The Morgan fingerprint density at radius 2 is 1.90 bits per heavy atom. The third-order valence-electron chi connectivity index (χ3n) is 5.03. The summed E-state index contributed by atoms with van der Waals surface area (Å²) in [5.74, 6) is -0.508. The van der Waals surface area contributed by atoms with E-state index >= 15 is 0 Å². The summed E-state index contributed by atoms with van der Waals surface area (Å²) in [5.41, 5.74) is 2.15. The van der Waals surface area contributed by atoms with Crippen molar-refractivity contribution in [3.8, 4) is 16.6 Å². The van der Waals surface area contributed by atoms with Crippen LogP contribution in [0, 0.1) is 17.1 Å². The number of nitriles is 1. The van der Waals surface area contributed by atoms with Crippen molar-refractivity contribution in [1.29, 1.82) is 5.26 Å². The molecule has 3 aromatic rings. The SMILES string of the molecule is N#Cc1ccc(N2CCC(NC(=O)c3cnc(-c4ccccc4F)s3)CC2)cc1. The van der Waals surface area contributed by atoms with Gasteiger partial charge in [-0.05, 0) is 49.2 Å². The Morgan fingerprint density at radius 3 is 2.59 bits per heavy atom. The molecule has 0 atom stereocenters. The Hall–Kier alpha value is -3.24.